The van der Waals surface area contributed by atoms with Crippen LogP contribution in [0.2, 0.25) is 0 Å². The molecule has 0 fully saturated rings. The number of nitrogens with one attached hydrogen (secondary N) is 2. The van der Waals surface area contributed by atoms with Gasteiger partial charge in [-0.1, -0.05) is 36.4 Å². The molecule has 35 heavy (non-hydrogen) atoms. The van der Waals surface area contributed by atoms with Crippen LogP contribution in [0.3, 0.4) is 0 Å². The SMILES string of the molecule is CCOc1cc(C=NNC(=O)C(=O)Nc2cccc(C(F)(F)F)c2)ccc1OCc1ccccc1. The topological polar surface area (TPSA) is 89.0 Å². The first kappa shape index (κ1) is 25.3. The average molecular weight is 485 g/mol. The number of carbonyl (C=O) groups is 2. The van der Waals surface area contributed by atoms with Gasteiger partial charge in [0.05, 0.1) is 18.4 Å². The summed E-state index contributed by atoms with van der Waals surface area (Å²) in [7, 11) is 0. The average Bonchev–Trinajstić information content (AvgIpc) is 2.84. The molecule has 182 valence electrons. The zero-order valence-corrected chi connectivity index (χ0v) is 18.6. The number of nitrogens with zero attached hydrogens (tertiary/aromatic N) is 1. The fourth-order valence-electron chi connectivity index (χ4n) is 2.91. The van der Waals surface area contributed by atoms with Crippen LogP contribution in [0.1, 0.15) is 23.6 Å². The first-order valence-corrected chi connectivity index (χ1v) is 10.5. The Labute approximate surface area is 199 Å². The van der Waals surface area contributed by atoms with Crippen LogP contribution in [0.4, 0.5) is 18.9 Å². The van der Waals surface area contributed by atoms with E-state index in [1.807, 2.05) is 42.7 Å². The van der Waals surface area contributed by atoms with E-state index in [-0.39, 0.29) is 5.69 Å². The van der Waals surface area contributed by atoms with Crippen LogP contribution >= 0.6 is 0 Å². The molecule has 0 spiro atoms. The van der Waals surface area contributed by atoms with Gasteiger partial charge >= 0.3 is 18.0 Å². The molecule has 3 aromatic carbocycles. The third-order valence-corrected chi connectivity index (χ3v) is 4.54. The highest BCUT2D eigenvalue weighted by Crippen LogP contribution is 2.31. The zero-order chi connectivity index (χ0) is 25.3. The molecule has 0 aromatic heterocycles. The fraction of sp³-hybridized carbons (Fsp3) is 0.160. The number of amides is 2. The van der Waals surface area contributed by atoms with Crippen LogP contribution in [-0.4, -0.2) is 24.6 Å². The van der Waals surface area contributed by atoms with Gasteiger partial charge in [0.2, 0.25) is 0 Å². The molecule has 10 heteroatoms. The lowest BCUT2D eigenvalue weighted by Crippen LogP contribution is -2.32. The molecule has 0 saturated heterocycles. The highest BCUT2D eigenvalue weighted by molar-refractivity contribution is 6.39. The molecule has 0 aliphatic carbocycles. The van der Waals surface area contributed by atoms with Gasteiger partial charge in [0.15, 0.2) is 11.5 Å². The Morgan fingerprint density at radius 3 is 2.40 bits per heavy atom. The van der Waals surface area contributed by atoms with Crippen LogP contribution in [0.5, 0.6) is 11.5 Å². The van der Waals surface area contributed by atoms with Crippen molar-refractivity contribution in [3.63, 3.8) is 0 Å². The summed E-state index contributed by atoms with van der Waals surface area (Å²) in [5.41, 5.74) is 2.46. The maximum absolute atomic E-state index is 12.8. The number of alkyl halides is 3. The second-order valence-corrected chi connectivity index (χ2v) is 7.15. The Bertz CT molecular complexity index is 1200. The number of hydrogen-bond donors (Lipinski definition) is 2. The monoisotopic (exact) mass is 485 g/mol. The molecule has 7 nitrogen and oxygen atoms in total. The Morgan fingerprint density at radius 1 is 0.914 bits per heavy atom. The van der Waals surface area contributed by atoms with Gasteiger partial charge < -0.3 is 14.8 Å². The van der Waals surface area contributed by atoms with Crippen molar-refractivity contribution in [2.24, 2.45) is 5.10 Å². The summed E-state index contributed by atoms with van der Waals surface area (Å²) in [5.74, 6) is -1.31. The van der Waals surface area contributed by atoms with Gasteiger partial charge in [-0.3, -0.25) is 9.59 Å². The number of benzene rings is 3. The minimum absolute atomic E-state index is 0.170. The van der Waals surface area contributed by atoms with E-state index in [0.717, 1.165) is 23.8 Å². The molecule has 0 unspecified atom stereocenters. The summed E-state index contributed by atoms with van der Waals surface area (Å²) in [6.07, 6.45) is -3.28. The summed E-state index contributed by atoms with van der Waals surface area (Å²) in [6.45, 7) is 2.57. The van der Waals surface area contributed by atoms with Gasteiger partial charge in [-0.05, 0) is 54.4 Å². The molecule has 0 atom stereocenters. The van der Waals surface area contributed by atoms with E-state index in [2.05, 4.69) is 10.4 Å². The lowest BCUT2D eigenvalue weighted by molar-refractivity contribution is -0.137. The molecule has 0 heterocycles. The number of rotatable bonds is 8. The second-order valence-electron chi connectivity index (χ2n) is 7.15. The maximum Gasteiger partial charge on any atom is 0.416 e. The number of ether oxygens (including phenoxy) is 2. The third-order valence-electron chi connectivity index (χ3n) is 4.54. The van der Waals surface area contributed by atoms with E-state index >= 15 is 0 Å². The number of halogens is 3. The Balaban J connectivity index is 1.59. The molecule has 0 bridgehead atoms. The number of hydrogen-bond acceptors (Lipinski definition) is 5. The minimum atomic E-state index is -4.57. The van der Waals surface area contributed by atoms with Gasteiger partial charge in [0.1, 0.15) is 6.61 Å². The Morgan fingerprint density at radius 2 is 1.69 bits per heavy atom. The van der Waals surface area contributed by atoms with Crippen LogP contribution in [0.15, 0.2) is 77.9 Å². The lowest BCUT2D eigenvalue weighted by atomic mass is 10.2. The molecular weight excluding hydrogens is 463 g/mol. The summed E-state index contributed by atoms with van der Waals surface area (Å²) >= 11 is 0. The molecule has 0 aliphatic heterocycles. The first-order chi connectivity index (χ1) is 16.8. The van der Waals surface area contributed by atoms with Crippen molar-refractivity contribution in [2.75, 3.05) is 11.9 Å². The lowest BCUT2D eigenvalue weighted by Gasteiger charge is -2.12. The summed E-state index contributed by atoms with van der Waals surface area (Å²) in [5, 5.41) is 5.83. The minimum Gasteiger partial charge on any atom is -0.490 e. The van der Waals surface area contributed by atoms with Crippen molar-refractivity contribution in [3.05, 3.63) is 89.5 Å². The quantitative estimate of drug-likeness (QED) is 0.273. The highest BCUT2D eigenvalue weighted by Gasteiger charge is 2.30. The molecule has 3 aromatic rings. The number of hydrazone groups is 1. The predicted octanol–water partition coefficient (Wildman–Crippen LogP) is 4.77. The molecule has 3 rings (SSSR count). The summed E-state index contributed by atoms with van der Waals surface area (Å²) < 4.78 is 49.8. The molecular formula is C25H22F3N3O4. The number of anilines is 1. The van der Waals surface area contributed by atoms with Crippen molar-refractivity contribution in [1.29, 1.82) is 0 Å². The standard InChI is InChI=1S/C25H22F3N3O4/c1-2-34-22-13-18(11-12-21(22)35-16-17-7-4-3-5-8-17)15-29-31-24(33)23(32)30-20-10-6-9-19(14-20)25(26,27)28/h3-15H,2,16H2,1H3,(H,30,32)(H,31,33). The van der Waals surface area contributed by atoms with Gasteiger partial charge in [-0.25, -0.2) is 5.43 Å². The molecule has 0 saturated carbocycles. The number of carbonyl (C=O) groups excluding carboxylic acids is 2. The van der Waals surface area contributed by atoms with Crippen molar-refractivity contribution in [2.45, 2.75) is 19.7 Å². The van der Waals surface area contributed by atoms with Crippen LogP contribution in [-0.2, 0) is 22.4 Å². The summed E-state index contributed by atoms with van der Waals surface area (Å²) in [6, 6.07) is 18.6. The van der Waals surface area contributed by atoms with E-state index in [1.165, 1.54) is 12.3 Å². The first-order valence-electron chi connectivity index (χ1n) is 10.5. The molecule has 2 N–H and O–H groups in total. The molecule has 2 amide bonds. The summed E-state index contributed by atoms with van der Waals surface area (Å²) in [4.78, 5) is 23.9. The van der Waals surface area contributed by atoms with Crippen molar-refractivity contribution in [3.8, 4) is 11.5 Å². The molecule has 0 radical (unpaired) electrons. The van der Waals surface area contributed by atoms with Gasteiger partial charge in [-0.2, -0.15) is 18.3 Å². The third kappa shape index (κ3) is 7.60. The van der Waals surface area contributed by atoms with Gasteiger partial charge in [0.25, 0.3) is 0 Å². The predicted molar refractivity (Wildman–Crippen MR) is 124 cm³/mol. The Hall–Kier alpha value is -4.34. The smallest absolute Gasteiger partial charge is 0.416 e. The van der Waals surface area contributed by atoms with E-state index in [9.17, 15) is 22.8 Å². The van der Waals surface area contributed by atoms with Crippen LogP contribution < -0.4 is 20.2 Å². The zero-order valence-electron chi connectivity index (χ0n) is 18.6. The van der Waals surface area contributed by atoms with Gasteiger partial charge in [-0.15, -0.1) is 0 Å². The van der Waals surface area contributed by atoms with Crippen LogP contribution in [0, 0.1) is 0 Å². The van der Waals surface area contributed by atoms with Crippen molar-refractivity contribution in [1.82, 2.24) is 5.43 Å². The van der Waals surface area contributed by atoms with Crippen molar-refractivity contribution >= 4 is 23.7 Å². The van der Waals surface area contributed by atoms with E-state index in [1.54, 1.807) is 18.2 Å². The fourth-order valence-corrected chi connectivity index (χ4v) is 2.91. The maximum atomic E-state index is 12.8. The Kier molecular flexibility index (Phi) is 8.44. The second kappa shape index (κ2) is 11.7. The van der Waals surface area contributed by atoms with E-state index < -0.39 is 23.6 Å². The van der Waals surface area contributed by atoms with Crippen molar-refractivity contribution < 1.29 is 32.2 Å². The normalized spacial score (nSPS) is 11.2. The van der Waals surface area contributed by atoms with Crippen LogP contribution in [0.25, 0.3) is 0 Å². The van der Waals surface area contributed by atoms with E-state index in [0.29, 0.717) is 30.3 Å². The largest absolute Gasteiger partial charge is 0.490 e. The molecule has 0 aliphatic rings. The highest BCUT2D eigenvalue weighted by atomic mass is 19.4. The van der Waals surface area contributed by atoms with Gasteiger partial charge in [0, 0.05) is 5.69 Å². The van der Waals surface area contributed by atoms with E-state index in [4.69, 9.17) is 9.47 Å².